The lowest BCUT2D eigenvalue weighted by Crippen LogP contribution is -2.19. The van der Waals surface area contributed by atoms with Gasteiger partial charge in [-0.25, -0.2) is 4.79 Å². The third kappa shape index (κ3) is 3.60. The minimum atomic E-state index is -0.571. The molecule has 2 aromatic heterocycles. The number of furan rings is 1. The minimum absolute atomic E-state index is 0.109. The largest absolute Gasteiger partial charge is 0.474 e. The van der Waals surface area contributed by atoms with Gasteiger partial charge >= 0.3 is 5.97 Å². The van der Waals surface area contributed by atoms with Gasteiger partial charge in [0.2, 0.25) is 16.9 Å². The molecule has 26 heavy (non-hydrogen) atoms. The van der Waals surface area contributed by atoms with Crippen LogP contribution >= 0.6 is 11.6 Å². The van der Waals surface area contributed by atoms with Crippen LogP contribution in [-0.2, 0) is 9.53 Å². The van der Waals surface area contributed by atoms with Crippen molar-refractivity contribution >= 4 is 28.5 Å². The number of fused-ring (bicyclic) bond motifs is 1. The van der Waals surface area contributed by atoms with E-state index in [2.05, 4.69) is 0 Å². The Morgan fingerprint density at radius 2 is 2.12 bits per heavy atom. The predicted molar refractivity (Wildman–Crippen MR) is 96.7 cm³/mol. The van der Waals surface area contributed by atoms with Crippen molar-refractivity contribution in [1.29, 1.82) is 0 Å². The second-order valence-electron chi connectivity index (χ2n) is 5.67. The topological polar surface area (TPSA) is 78.9 Å². The molecule has 0 fully saturated rings. The van der Waals surface area contributed by atoms with E-state index in [0.717, 1.165) is 5.56 Å². The molecule has 0 saturated heterocycles. The summed E-state index contributed by atoms with van der Waals surface area (Å²) in [5.41, 5.74) is 0.677. The molecule has 0 N–H and O–H groups in total. The third-order valence-corrected chi connectivity index (χ3v) is 4.08. The van der Waals surface area contributed by atoms with E-state index in [1.807, 2.05) is 13.8 Å². The Labute approximate surface area is 154 Å². The SMILES string of the molecule is CCCOC(=O)COc1c(-c2ccco2)oc2cc(C)c(Cl)cc2c1=O. The predicted octanol–water partition coefficient (Wildman–Crippen LogP) is 4.35. The van der Waals surface area contributed by atoms with Gasteiger partial charge in [0.25, 0.3) is 0 Å². The molecule has 136 valence electrons. The molecule has 0 amide bonds. The van der Waals surface area contributed by atoms with E-state index in [1.165, 1.54) is 12.3 Å². The van der Waals surface area contributed by atoms with E-state index in [0.29, 0.717) is 22.8 Å². The average molecular weight is 377 g/mol. The second kappa shape index (κ2) is 7.66. The molecule has 0 atom stereocenters. The van der Waals surface area contributed by atoms with E-state index >= 15 is 0 Å². The monoisotopic (exact) mass is 376 g/mol. The van der Waals surface area contributed by atoms with Crippen LogP contribution in [0, 0.1) is 6.92 Å². The molecule has 6 nitrogen and oxygen atoms in total. The number of hydrogen-bond donors (Lipinski definition) is 0. The van der Waals surface area contributed by atoms with Crippen LogP contribution in [0.2, 0.25) is 5.02 Å². The first kappa shape index (κ1) is 18.1. The lowest BCUT2D eigenvalue weighted by molar-refractivity contribution is -0.146. The van der Waals surface area contributed by atoms with E-state index in [9.17, 15) is 9.59 Å². The number of rotatable bonds is 6. The number of esters is 1. The Hall–Kier alpha value is -2.73. The van der Waals surface area contributed by atoms with Gasteiger partial charge in [0.1, 0.15) is 5.58 Å². The zero-order valence-corrected chi connectivity index (χ0v) is 15.1. The summed E-state index contributed by atoms with van der Waals surface area (Å²) < 4.78 is 21.6. The zero-order valence-electron chi connectivity index (χ0n) is 14.3. The summed E-state index contributed by atoms with van der Waals surface area (Å²) in [6, 6.07) is 6.48. The van der Waals surface area contributed by atoms with Crippen molar-refractivity contribution < 1.29 is 23.1 Å². The van der Waals surface area contributed by atoms with Gasteiger partial charge in [-0.1, -0.05) is 18.5 Å². The van der Waals surface area contributed by atoms with Gasteiger partial charge in [-0.05, 0) is 43.2 Å². The molecule has 0 radical (unpaired) electrons. The van der Waals surface area contributed by atoms with Crippen LogP contribution in [0.15, 0.2) is 44.2 Å². The van der Waals surface area contributed by atoms with Crippen LogP contribution in [0.3, 0.4) is 0 Å². The average Bonchev–Trinajstić information content (AvgIpc) is 3.15. The first-order valence-corrected chi connectivity index (χ1v) is 8.48. The van der Waals surface area contributed by atoms with Crippen LogP contribution < -0.4 is 10.2 Å². The van der Waals surface area contributed by atoms with Crippen molar-refractivity contribution in [3.05, 3.63) is 51.3 Å². The third-order valence-electron chi connectivity index (χ3n) is 3.68. The number of carbonyl (C=O) groups excluding carboxylic acids is 1. The Morgan fingerprint density at radius 1 is 1.31 bits per heavy atom. The molecule has 2 heterocycles. The lowest BCUT2D eigenvalue weighted by atomic mass is 10.1. The van der Waals surface area contributed by atoms with E-state index in [-0.39, 0.29) is 23.5 Å². The maximum atomic E-state index is 12.9. The molecule has 3 aromatic rings. The lowest BCUT2D eigenvalue weighted by Gasteiger charge is -2.11. The van der Waals surface area contributed by atoms with Gasteiger partial charge in [-0.15, -0.1) is 0 Å². The van der Waals surface area contributed by atoms with Crippen molar-refractivity contribution in [2.24, 2.45) is 0 Å². The normalized spacial score (nSPS) is 10.9. The van der Waals surface area contributed by atoms with Crippen molar-refractivity contribution in [3.8, 4) is 17.3 Å². The molecule has 0 aliphatic rings. The molecular weight excluding hydrogens is 360 g/mol. The number of aryl methyl sites for hydroxylation is 1. The van der Waals surface area contributed by atoms with Crippen LogP contribution in [0.5, 0.6) is 5.75 Å². The maximum absolute atomic E-state index is 12.9. The fraction of sp³-hybridized carbons (Fsp3) is 0.263. The number of halogens is 1. The summed E-state index contributed by atoms with van der Waals surface area (Å²) in [5, 5.41) is 0.691. The molecule has 0 saturated carbocycles. The standard InChI is InChI=1S/C19H17ClO6/c1-3-6-24-16(21)10-25-19-17(22)12-9-13(20)11(2)8-15(12)26-18(19)14-5-4-7-23-14/h4-5,7-9H,3,6,10H2,1-2H3. The molecule has 7 heteroatoms. The maximum Gasteiger partial charge on any atom is 0.344 e. The number of carbonyl (C=O) groups is 1. The summed E-state index contributed by atoms with van der Waals surface area (Å²) >= 11 is 6.12. The number of benzene rings is 1. The van der Waals surface area contributed by atoms with Crippen molar-refractivity contribution in [3.63, 3.8) is 0 Å². The number of ether oxygens (including phenoxy) is 2. The molecule has 0 bridgehead atoms. The van der Waals surface area contributed by atoms with Crippen LogP contribution in [0.1, 0.15) is 18.9 Å². The summed E-state index contributed by atoms with van der Waals surface area (Å²) in [5.74, 6) is -0.273. The van der Waals surface area contributed by atoms with E-state index in [1.54, 1.807) is 18.2 Å². The zero-order chi connectivity index (χ0) is 18.7. The molecule has 0 unspecified atom stereocenters. The summed E-state index contributed by atoms with van der Waals surface area (Å²) in [6.45, 7) is 3.56. The van der Waals surface area contributed by atoms with Gasteiger partial charge in [0.15, 0.2) is 12.4 Å². The molecule has 3 rings (SSSR count). The van der Waals surface area contributed by atoms with Crippen LogP contribution in [0.25, 0.3) is 22.5 Å². The highest BCUT2D eigenvalue weighted by atomic mass is 35.5. The summed E-state index contributed by atoms with van der Waals surface area (Å²) in [7, 11) is 0. The summed E-state index contributed by atoms with van der Waals surface area (Å²) in [4.78, 5) is 24.6. The van der Waals surface area contributed by atoms with Crippen molar-refractivity contribution in [1.82, 2.24) is 0 Å². The Bertz CT molecular complexity index is 987. The van der Waals surface area contributed by atoms with E-state index in [4.69, 9.17) is 29.9 Å². The minimum Gasteiger partial charge on any atom is -0.474 e. The highest BCUT2D eigenvalue weighted by Gasteiger charge is 2.21. The smallest absolute Gasteiger partial charge is 0.344 e. The Balaban J connectivity index is 2.08. The second-order valence-corrected chi connectivity index (χ2v) is 6.08. The molecular formula is C19H17ClO6. The Kier molecular flexibility index (Phi) is 5.32. The Morgan fingerprint density at radius 3 is 2.81 bits per heavy atom. The van der Waals surface area contributed by atoms with Gasteiger partial charge in [0.05, 0.1) is 18.3 Å². The number of hydrogen-bond acceptors (Lipinski definition) is 6. The summed E-state index contributed by atoms with van der Waals surface area (Å²) in [6.07, 6.45) is 2.14. The van der Waals surface area contributed by atoms with Gasteiger partial charge in [-0.2, -0.15) is 0 Å². The van der Waals surface area contributed by atoms with Gasteiger partial charge in [-0.3, -0.25) is 4.79 Å². The van der Waals surface area contributed by atoms with Crippen molar-refractivity contribution in [2.75, 3.05) is 13.2 Å². The molecule has 1 aromatic carbocycles. The molecule has 0 spiro atoms. The molecule has 0 aliphatic heterocycles. The highest BCUT2D eigenvalue weighted by molar-refractivity contribution is 6.32. The van der Waals surface area contributed by atoms with Gasteiger partial charge < -0.3 is 18.3 Å². The van der Waals surface area contributed by atoms with Gasteiger partial charge in [0, 0.05) is 5.02 Å². The van der Waals surface area contributed by atoms with Crippen LogP contribution in [-0.4, -0.2) is 19.2 Å². The van der Waals surface area contributed by atoms with Crippen molar-refractivity contribution in [2.45, 2.75) is 20.3 Å². The first-order chi connectivity index (χ1) is 12.5. The first-order valence-electron chi connectivity index (χ1n) is 8.10. The van der Waals surface area contributed by atoms with E-state index < -0.39 is 18.0 Å². The fourth-order valence-electron chi connectivity index (χ4n) is 2.39. The molecule has 0 aliphatic carbocycles. The fourth-order valence-corrected chi connectivity index (χ4v) is 2.55. The highest BCUT2D eigenvalue weighted by Crippen LogP contribution is 2.32. The quantitative estimate of drug-likeness (QED) is 0.595. The van der Waals surface area contributed by atoms with Crippen LogP contribution in [0.4, 0.5) is 0 Å².